The van der Waals surface area contributed by atoms with Gasteiger partial charge in [0.25, 0.3) is 0 Å². The molecule has 0 aliphatic rings. The third kappa shape index (κ3) is 7.36. The maximum atomic E-state index is 12.8. The molecule has 1 amide bonds. The summed E-state index contributed by atoms with van der Waals surface area (Å²) in [6.07, 6.45) is 3.84. The predicted molar refractivity (Wildman–Crippen MR) is 112 cm³/mol. The van der Waals surface area contributed by atoms with Gasteiger partial charge in [0, 0.05) is 18.5 Å². The highest BCUT2D eigenvalue weighted by atomic mass is 32.1. The van der Waals surface area contributed by atoms with E-state index in [-0.39, 0.29) is 18.3 Å². The number of carbonyl (C=O) groups is 1. The van der Waals surface area contributed by atoms with Crippen LogP contribution in [-0.4, -0.2) is 29.3 Å². The molecule has 1 aromatic heterocycles. The zero-order chi connectivity index (χ0) is 20.3. The highest BCUT2D eigenvalue weighted by Crippen LogP contribution is 2.23. The highest BCUT2D eigenvalue weighted by Gasteiger charge is 2.06. The van der Waals surface area contributed by atoms with Gasteiger partial charge in [0.05, 0.1) is 6.61 Å². The SMILES string of the molecule is O=C(COCc1ccc(F)cc1)NCCCCCc1nnc(-c2ccccc2)s1. The van der Waals surface area contributed by atoms with Crippen LogP contribution in [0.2, 0.25) is 0 Å². The zero-order valence-electron chi connectivity index (χ0n) is 16.1. The number of benzene rings is 2. The van der Waals surface area contributed by atoms with Crippen molar-refractivity contribution >= 4 is 17.2 Å². The normalized spacial score (nSPS) is 10.8. The quantitative estimate of drug-likeness (QED) is 0.474. The minimum absolute atomic E-state index is 0.00439. The minimum atomic E-state index is -0.283. The first-order valence-corrected chi connectivity index (χ1v) is 10.5. The number of hydrogen-bond acceptors (Lipinski definition) is 5. The summed E-state index contributed by atoms with van der Waals surface area (Å²) in [5.41, 5.74) is 1.94. The van der Waals surface area contributed by atoms with Crippen molar-refractivity contribution in [2.45, 2.75) is 32.3 Å². The minimum Gasteiger partial charge on any atom is -0.367 e. The molecule has 7 heteroatoms. The molecule has 0 saturated carbocycles. The molecule has 152 valence electrons. The van der Waals surface area contributed by atoms with Crippen LogP contribution in [-0.2, 0) is 22.6 Å². The van der Waals surface area contributed by atoms with Crippen LogP contribution in [0.25, 0.3) is 10.6 Å². The fourth-order valence-corrected chi connectivity index (χ4v) is 3.64. The molecule has 1 heterocycles. The predicted octanol–water partition coefficient (Wildman–Crippen LogP) is 4.39. The molecule has 3 rings (SSSR count). The average molecular weight is 414 g/mol. The number of aromatic nitrogens is 2. The average Bonchev–Trinajstić information content (AvgIpc) is 3.22. The third-order valence-corrected chi connectivity index (χ3v) is 5.32. The standard InChI is InChI=1S/C22H24FN3O2S/c23-19-12-10-17(11-13-19)15-28-16-20(27)24-14-6-2-5-9-21-25-26-22(29-21)18-7-3-1-4-8-18/h1,3-4,7-8,10-13H,2,5-6,9,14-16H2,(H,24,27). The molecule has 0 spiro atoms. The molecule has 0 radical (unpaired) electrons. The number of nitrogens with one attached hydrogen (secondary N) is 1. The Hall–Kier alpha value is -2.64. The van der Waals surface area contributed by atoms with Crippen LogP contribution in [0.15, 0.2) is 54.6 Å². The maximum Gasteiger partial charge on any atom is 0.246 e. The van der Waals surface area contributed by atoms with E-state index in [0.29, 0.717) is 13.2 Å². The number of unbranched alkanes of at least 4 members (excludes halogenated alkanes) is 2. The highest BCUT2D eigenvalue weighted by molar-refractivity contribution is 7.14. The number of halogens is 1. The lowest BCUT2D eigenvalue weighted by Crippen LogP contribution is -2.28. The molecule has 0 unspecified atom stereocenters. The number of nitrogens with zero attached hydrogens (tertiary/aromatic N) is 2. The number of ether oxygens (including phenoxy) is 1. The Bertz CT molecular complexity index is 885. The number of rotatable bonds is 11. The van der Waals surface area contributed by atoms with E-state index in [1.807, 2.05) is 30.3 Å². The van der Waals surface area contributed by atoms with E-state index in [0.717, 1.165) is 46.8 Å². The molecule has 29 heavy (non-hydrogen) atoms. The first kappa shape index (κ1) is 21.1. The van der Waals surface area contributed by atoms with Crippen molar-refractivity contribution in [3.05, 3.63) is 71.0 Å². The lowest BCUT2D eigenvalue weighted by molar-refractivity contribution is -0.126. The van der Waals surface area contributed by atoms with E-state index in [9.17, 15) is 9.18 Å². The number of aryl methyl sites for hydroxylation is 1. The van der Waals surface area contributed by atoms with Gasteiger partial charge in [-0.2, -0.15) is 0 Å². The van der Waals surface area contributed by atoms with Gasteiger partial charge >= 0.3 is 0 Å². The summed E-state index contributed by atoms with van der Waals surface area (Å²) >= 11 is 1.63. The molecule has 0 bridgehead atoms. The molecule has 0 atom stereocenters. The van der Waals surface area contributed by atoms with Crippen LogP contribution in [0, 0.1) is 5.82 Å². The Morgan fingerprint density at radius 2 is 1.79 bits per heavy atom. The Morgan fingerprint density at radius 3 is 2.59 bits per heavy atom. The van der Waals surface area contributed by atoms with Crippen molar-refractivity contribution in [3.63, 3.8) is 0 Å². The van der Waals surface area contributed by atoms with Gasteiger partial charge in [-0.15, -0.1) is 10.2 Å². The van der Waals surface area contributed by atoms with Gasteiger partial charge < -0.3 is 10.1 Å². The second-order valence-corrected chi connectivity index (χ2v) is 7.71. The van der Waals surface area contributed by atoms with Gasteiger partial charge in [-0.1, -0.05) is 60.2 Å². The molecule has 1 N–H and O–H groups in total. The van der Waals surface area contributed by atoms with E-state index in [1.165, 1.54) is 12.1 Å². The number of carbonyl (C=O) groups excluding carboxylic acids is 1. The Kier molecular flexibility index (Phi) is 8.27. The molecule has 0 fully saturated rings. The summed E-state index contributed by atoms with van der Waals surface area (Å²) in [7, 11) is 0. The van der Waals surface area contributed by atoms with Gasteiger partial charge in [0.15, 0.2) is 0 Å². The molecule has 0 saturated heterocycles. The van der Waals surface area contributed by atoms with Crippen LogP contribution >= 0.6 is 11.3 Å². The van der Waals surface area contributed by atoms with Crippen molar-refractivity contribution in [2.24, 2.45) is 0 Å². The summed E-state index contributed by atoms with van der Waals surface area (Å²) in [6.45, 7) is 0.926. The molecule has 0 aliphatic heterocycles. The van der Waals surface area contributed by atoms with Crippen molar-refractivity contribution in [3.8, 4) is 10.6 Å². The Morgan fingerprint density at radius 1 is 1.00 bits per heavy atom. The first-order valence-electron chi connectivity index (χ1n) is 9.67. The second kappa shape index (κ2) is 11.4. The second-order valence-electron chi connectivity index (χ2n) is 6.65. The van der Waals surface area contributed by atoms with E-state index < -0.39 is 0 Å². The van der Waals surface area contributed by atoms with Crippen LogP contribution in [0.3, 0.4) is 0 Å². The topological polar surface area (TPSA) is 64.1 Å². The van der Waals surface area contributed by atoms with Crippen molar-refractivity contribution in [1.29, 1.82) is 0 Å². The first-order chi connectivity index (χ1) is 14.2. The molecular formula is C22H24FN3O2S. The fraction of sp³-hybridized carbons (Fsp3) is 0.318. The summed E-state index contributed by atoms with van der Waals surface area (Å²) in [6, 6.07) is 16.1. The monoisotopic (exact) mass is 413 g/mol. The summed E-state index contributed by atoms with van der Waals surface area (Å²) in [5.74, 6) is -0.419. The summed E-state index contributed by atoms with van der Waals surface area (Å²) in [5, 5.41) is 13.4. The van der Waals surface area contributed by atoms with E-state index in [1.54, 1.807) is 23.5 Å². The van der Waals surface area contributed by atoms with Crippen LogP contribution < -0.4 is 5.32 Å². The lowest BCUT2D eigenvalue weighted by Gasteiger charge is -2.06. The van der Waals surface area contributed by atoms with Crippen molar-refractivity contribution in [1.82, 2.24) is 15.5 Å². The lowest BCUT2D eigenvalue weighted by atomic mass is 10.2. The summed E-state index contributed by atoms with van der Waals surface area (Å²) < 4.78 is 18.2. The maximum absolute atomic E-state index is 12.8. The molecular weight excluding hydrogens is 389 g/mol. The molecule has 2 aromatic carbocycles. The van der Waals surface area contributed by atoms with Crippen molar-refractivity contribution < 1.29 is 13.9 Å². The van der Waals surface area contributed by atoms with Crippen LogP contribution in [0.1, 0.15) is 29.8 Å². The van der Waals surface area contributed by atoms with E-state index in [4.69, 9.17) is 4.74 Å². The largest absolute Gasteiger partial charge is 0.367 e. The van der Waals surface area contributed by atoms with Crippen LogP contribution in [0.4, 0.5) is 4.39 Å². The Labute approximate surface area is 174 Å². The van der Waals surface area contributed by atoms with Gasteiger partial charge in [0.1, 0.15) is 22.4 Å². The molecule has 5 nitrogen and oxygen atoms in total. The van der Waals surface area contributed by atoms with Gasteiger partial charge in [-0.05, 0) is 30.5 Å². The zero-order valence-corrected chi connectivity index (χ0v) is 17.0. The van der Waals surface area contributed by atoms with Crippen LogP contribution in [0.5, 0.6) is 0 Å². The third-order valence-electron chi connectivity index (χ3n) is 4.29. The van der Waals surface area contributed by atoms with Gasteiger partial charge in [-0.25, -0.2) is 4.39 Å². The van der Waals surface area contributed by atoms with Crippen molar-refractivity contribution in [2.75, 3.05) is 13.2 Å². The Balaban J connectivity index is 1.23. The summed E-state index contributed by atoms with van der Waals surface area (Å²) in [4.78, 5) is 11.8. The molecule has 3 aromatic rings. The molecule has 0 aliphatic carbocycles. The van der Waals surface area contributed by atoms with E-state index in [2.05, 4.69) is 15.5 Å². The fourth-order valence-electron chi connectivity index (χ4n) is 2.75. The number of hydrogen-bond donors (Lipinski definition) is 1. The van der Waals surface area contributed by atoms with E-state index >= 15 is 0 Å². The smallest absolute Gasteiger partial charge is 0.246 e. The number of amides is 1. The van der Waals surface area contributed by atoms with Gasteiger partial charge in [0.2, 0.25) is 5.91 Å². The van der Waals surface area contributed by atoms with Gasteiger partial charge in [-0.3, -0.25) is 4.79 Å².